The van der Waals surface area contributed by atoms with Crippen LogP contribution < -0.4 is 15.8 Å². The molecule has 0 aliphatic heterocycles. The summed E-state index contributed by atoms with van der Waals surface area (Å²) >= 11 is 0. The number of allylic oxidation sites excluding steroid dienone is 1. The third kappa shape index (κ3) is 4.95. The molecule has 1 aromatic heterocycles. The van der Waals surface area contributed by atoms with E-state index in [1.807, 2.05) is 32.0 Å². The van der Waals surface area contributed by atoms with Gasteiger partial charge in [0.1, 0.15) is 5.75 Å². The summed E-state index contributed by atoms with van der Waals surface area (Å²) in [6, 6.07) is 8.21. The van der Waals surface area contributed by atoms with Crippen molar-refractivity contribution in [2.45, 2.75) is 19.9 Å². The molecule has 2 rings (SSSR count). The Morgan fingerprint density at radius 2 is 2.11 bits per heavy atom. The largest absolute Gasteiger partial charge is 0.495 e. The van der Waals surface area contributed by atoms with Gasteiger partial charge in [0.15, 0.2) is 0 Å². The Labute approximate surface area is 164 Å². The summed E-state index contributed by atoms with van der Waals surface area (Å²) in [6.07, 6.45) is 4.91. The molecule has 1 aromatic carbocycles. The Morgan fingerprint density at radius 3 is 2.68 bits per heavy atom. The predicted molar refractivity (Wildman–Crippen MR) is 111 cm³/mol. The number of rotatable bonds is 8. The van der Waals surface area contributed by atoms with Crippen molar-refractivity contribution in [3.05, 3.63) is 59.4 Å². The molecule has 2 aromatic rings. The van der Waals surface area contributed by atoms with Crippen LogP contribution in [0.2, 0.25) is 0 Å². The number of carbonyl (C=O) groups is 1. The molecule has 0 aliphatic carbocycles. The number of nitrogens with one attached hydrogen (secondary N) is 2. The Morgan fingerprint density at radius 1 is 1.36 bits per heavy atom. The Bertz CT molecular complexity index is 863. The molecule has 1 heterocycles. The van der Waals surface area contributed by atoms with E-state index in [9.17, 15) is 9.90 Å². The first-order valence-corrected chi connectivity index (χ1v) is 8.95. The zero-order valence-corrected chi connectivity index (χ0v) is 16.3. The lowest BCUT2D eigenvalue weighted by molar-refractivity contribution is 0.0894. The van der Waals surface area contributed by atoms with Gasteiger partial charge in [0, 0.05) is 11.9 Å². The van der Waals surface area contributed by atoms with Crippen LogP contribution in [0.15, 0.2) is 42.6 Å². The van der Waals surface area contributed by atoms with E-state index in [1.165, 1.54) is 7.11 Å². The van der Waals surface area contributed by atoms with Crippen molar-refractivity contribution in [2.75, 3.05) is 19.5 Å². The van der Waals surface area contributed by atoms with Crippen molar-refractivity contribution in [1.82, 2.24) is 10.3 Å². The van der Waals surface area contributed by atoms with Crippen LogP contribution in [-0.4, -0.2) is 41.5 Å². The number of amides is 1. The normalized spacial score (nSPS) is 12.2. The van der Waals surface area contributed by atoms with Crippen LogP contribution in [-0.2, 0) is 0 Å². The van der Waals surface area contributed by atoms with E-state index >= 15 is 0 Å². The molecule has 0 saturated heterocycles. The predicted octanol–water partition coefficient (Wildman–Crippen LogP) is 2.50. The molecule has 7 heteroatoms. The number of nitrogens with zero attached hydrogens (tertiary/aromatic N) is 1. The topological polar surface area (TPSA) is 121 Å². The van der Waals surface area contributed by atoms with Crippen LogP contribution in [0.3, 0.4) is 0 Å². The van der Waals surface area contributed by atoms with Gasteiger partial charge >= 0.3 is 0 Å². The van der Waals surface area contributed by atoms with Gasteiger partial charge in [-0.2, -0.15) is 0 Å². The number of aliphatic hydroxyl groups is 1. The maximum atomic E-state index is 12.7. The van der Waals surface area contributed by atoms with Gasteiger partial charge in [-0.3, -0.25) is 9.78 Å². The molecule has 1 amide bonds. The lowest BCUT2D eigenvalue weighted by atomic mass is 10.00. The van der Waals surface area contributed by atoms with E-state index in [4.69, 9.17) is 15.9 Å². The summed E-state index contributed by atoms with van der Waals surface area (Å²) in [5.74, 6) is -0.117. The number of ether oxygens (including phenoxy) is 1. The van der Waals surface area contributed by atoms with E-state index in [-0.39, 0.29) is 35.6 Å². The highest BCUT2D eigenvalue weighted by molar-refractivity contribution is 6.15. The summed E-state index contributed by atoms with van der Waals surface area (Å²) in [5, 5.41) is 20.7. The number of carbonyl (C=O) groups excluding carboxylic acids is 1. The van der Waals surface area contributed by atoms with Crippen molar-refractivity contribution in [3.63, 3.8) is 0 Å². The summed E-state index contributed by atoms with van der Waals surface area (Å²) in [5.41, 5.74) is 7.76. The minimum absolute atomic E-state index is 0.0628. The Kier molecular flexibility index (Phi) is 7.28. The third-order valence-corrected chi connectivity index (χ3v) is 4.33. The minimum Gasteiger partial charge on any atom is -0.495 e. The number of methoxy groups -OCH3 is 1. The second-order valence-electron chi connectivity index (χ2n) is 6.62. The molecule has 0 spiro atoms. The van der Waals surface area contributed by atoms with E-state index in [1.54, 1.807) is 30.5 Å². The summed E-state index contributed by atoms with van der Waals surface area (Å²) < 4.78 is 5.43. The van der Waals surface area contributed by atoms with Crippen LogP contribution in [0.25, 0.3) is 6.08 Å². The molecule has 0 radical (unpaired) electrons. The number of nitrogens with two attached hydrogens (primary N) is 1. The van der Waals surface area contributed by atoms with E-state index in [2.05, 4.69) is 10.3 Å². The molecular formula is C21H26N4O3. The number of hydrogen-bond acceptors (Lipinski definition) is 6. The first-order valence-electron chi connectivity index (χ1n) is 8.95. The highest BCUT2D eigenvalue weighted by Gasteiger charge is 2.23. The molecule has 0 aliphatic rings. The first kappa shape index (κ1) is 21.1. The maximum absolute atomic E-state index is 12.7. The lowest BCUT2D eigenvalue weighted by Gasteiger charge is -2.21. The molecular weight excluding hydrogens is 356 g/mol. The van der Waals surface area contributed by atoms with Gasteiger partial charge in [-0.05, 0) is 42.3 Å². The maximum Gasteiger partial charge on any atom is 0.255 e. The van der Waals surface area contributed by atoms with Gasteiger partial charge in [-0.1, -0.05) is 19.9 Å². The second-order valence-corrected chi connectivity index (χ2v) is 6.62. The zero-order valence-electron chi connectivity index (χ0n) is 16.3. The van der Waals surface area contributed by atoms with Crippen LogP contribution in [0.5, 0.6) is 5.75 Å². The highest BCUT2D eigenvalue weighted by atomic mass is 16.5. The molecule has 28 heavy (non-hydrogen) atoms. The van der Waals surface area contributed by atoms with E-state index in [0.29, 0.717) is 16.9 Å². The van der Waals surface area contributed by atoms with Gasteiger partial charge < -0.3 is 26.3 Å². The van der Waals surface area contributed by atoms with E-state index < -0.39 is 5.91 Å². The number of aliphatic hydroxyl groups excluding tert-OH is 1. The quantitative estimate of drug-likeness (QED) is 0.413. The van der Waals surface area contributed by atoms with Gasteiger partial charge in [0.25, 0.3) is 5.91 Å². The van der Waals surface area contributed by atoms with Crippen molar-refractivity contribution in [3.8, 4) is 5.75 Å². The Balaban J connectivity index is 2.37. The van der Waals surface area contributed by atoms with Gasteiger partial charge in [-0.15, -0.1) is 0 Å². The standard InChI is InChI=1S/C21H26N4O3/c1-13(2)18(12-26)25-21(27)15-8-10-17(23)19(20(15)28-3)16(22)9-7-14-6-4-5-11-24-14/h4-11,13,18,22,26H,12,23H2,1-3H3,(H,25,27)/b9-7+,22-16?. The first-order chi connectivity index (χ1) is 13.4. The van der Waals surface area contributed by atoms with Crippen LogP contribution >= 0.6 is 0 Å². The lowest BCUT2D eigenvalue weighted by Crippen LogP contribution is -2.41. The van der Waals surface area contributed by atoms with Gasteiger partial charge in [-0.25, -0.2) is 0 Å². The van der Waals surface area contributed by atoms with Gasteiger partial charge in [0.05, 0.1) is 42.3 Å². The molecule has 0 fully saturated rings. The molecule has 1 unspecified atom stereocenters. The summed E-state index contributed by atoms with van der Waals surface area (Å²) in [6.45, 7) is 3.64. The third-order valence-electron chi connectivity index (χ3n) is 4.33. The molecule has 5 N–H and O–H groups in total. The minimum atomic E-state index is -0.396. The van der Waals surface area contributed by atoms with Crippen molar-refractivity contribution < 1.29 is 14.6 Å². The molecule has 0 bridgehead atoms. The van der Waals surface area contributed by atoms with Crippen LogP contribution in [0, 0.1) is 11.3 Å². The molecule has 148 valence electrons. The molecule has 7 nitrogen and oxygen atoms in total. The SMILES string of the molecule is COc1c(C(=O)NC(CO)C(C)C)ccc(N)c1C(=N)/C=C/c1ccccn1. The fourth-order valence-electron chi connectivity index (χ4n) is 2.66. The number of benzene rings is 1. The zero-order chi connectivity index (χ0) is 20.7. The number of hydrogen-bond donors (Lipinski definition) is 4. The van der Waals surface area contributed by atoms with E-state index in [0.717, 1.165) is 0 Å². The molecule has 0 saturated carbocycles. The van der Waals surface area contributed by atoms with Crippen LogP contribution in [0.1, 0.15) is 35.5 Å². The number of pyridine rings is 1. The Hall–Kier alpha value is -3.19. The van der Waals surface area contributed by atoms with Crippen molar-refractivity contribution >= 4 is 23.4 Å². The fraction of sp³-hybridized carbons (Fsp3) is 0.286. The monoisotopic (exact) mass is 382 g/mol. The average Bonchev–Trinajstić information content (AvgIpc) is 2.70. The van der Waals surface area contributed by atoms with Crippen LogP contribution in [0.4, 0.5) is 5.69 Å². The second kappa shape index (κ2) is 9.66. The highest BCUT2D eigenvalue weighted by Crippen LogP contribution is 2.30. The number of nitrogen functional groups attached to an aromatic ring is 1. The summed E-state index contributed by atoms with van der Waals surface area (Å²) in [7, 11) is 1.43. The smallest absolute Gasteiger partial charge is 0.255 e. The summed E-state index contributed by atoms with van der Waals surface area (Å²) in [4.78, 5) is 16.9. The fourth-order valence-corrected chi connectivity index (χ4v) is 2.66. The van der Waals surface area contributed by atoms with Crippen molar-refractivity contribution in [2.24, 2.45) is 5.92 Å². The van der Waals surface area contributed by atoms with Gasteiger partial charge in [0.2, 0.25) is 0 Å². The van der Waals surface area contributed by atoms with Crippen molar-refractivity contribution in [1.29, 1.82) is 5.41 Å². The molecule has 1 atom stereocenters. The number of aromatic nitrogens is 1. The average molecular weight is 382 g/mol. The number of anilines is 1.